The van der Waals surface area contributed by atoms with Crippen LogP contribution in [0, 0.1) is 0 Å². The van der Waals surface area contributed by atoms with E-state index in [2.05, 4.69) is 35.7 Å². The summed E-state index contributed by atoms with van der Waals surface area (Å²) in [7, 11) is 4.16. The Morgan fingerprint density at radius 2 is 2.10 bits per heavy atom. The van der Waals surface area contributed by atoms with E-state index in [1.165, 1.54) is 31.3 Å². The van der Waals surface area contributed by atoms with E-state index in [9.17, 15) is 4.79 Å². The lowest BCUT2D eigenvalue weighted by Gasteiger charge is -2.13. The van der Waals surface area contributed by atoms with Crippen LogP contribution in [-0.4, -0.2) is 51.1 Å². The van der Waals surface area contributed by atoms with Crippen molar-refractivity contribution in [3.05, 3.63) is 11.6 Å². The number of hydrogen-bond acceptors (Lipinski definition) is 3. The van der Waals surface area contributed by atoms with Gasteiger partial charge in [-0.2, -0.15) is 0 Å². The van der Waals surface area contributed by atoms with Crippen molar-refractivity contribution < 1.29 is 4.79 Å². The molecule has 0 bridgehead atoms. The largest absolute Gasteiger partial charge is 0.356 e. The monoisotopic (exact) mass is 281 g/mol. The van der Waals surface area contributed by atoms with Gasteiger partial charge in [-0.25, -0.2) is 0 Å². The summed E-state index contributed by atoms with van der Waals surface area (Å²) in [4.78, 5) is 13.8. The van der Waals surface area contributed by atoms with Crippen molar-refractivity contribution in [2.75, 3.05) is 40.3 Å². The van der Waals surface area contributed by atoms with Crippen LogP contribution < -0.4 is 10.6 Å². The molecule has 0 saturated heterocycles. The Kier molecular flexibility index (Phi) is 9.33. The minimum absolute atomic E-state index is 0.168. The molecule has 0 spiro atoms. The molecule has 0 aromatic rings. The number of nitrogens with one attached hydrogen (secondary N) is 2. The van der Waals surface area contributed by atoms with Gasteiger partial charge >= 0.3 is 0 Å². The van der Waals surface area contributed by atoms with Crippen LogP contribution in [0.4, 0.5) is 0 Å². The van der Waals surface area contributed by atoms with Crippen LogP contribution in [0.2, 0.25) is 0 Å². The smallest absolute Gasteiger partial charge is 0.221 e. The molecule has 2 N–H and O–H groups in total. The third kappa shape index (κ3) is 9.10. The van der Waals surface area contributed by atoms with Gasteiger partial charge in [-0.05, 0) is 65.7 Å². The standard InChI is InChI=1S/C16H31N3O/c1-19(2)14-6-11-17-12-10-16(20)18-13-9-15-7-4-3-5-8-15/h7,17H,3-6,8-14H2,1-2H3,(H,18,20). The molecule has 0 atom stereocenters. The zero-order chi connectivity index (χ0) is 14.6. The molecule has 1 amide bonds. The van der Waals surface area contributed by atoms with E-state index in [4.69, 9.17) is 0 Å². The van der Waals surface area contributed by atoms with Gasteiger partial charge in [0.15, 0.2) is 0 Å². The molecule has 0 aliphatic heterocycles. The molecule has 0 heterocycles. The zero-order valence-corrected chi connectivity index (χ0v) is 13.2. The number of nitrogens with zero attached hydrogens (tertiary/aromatic N) is 1. The molecule has 0 unspecified atom stereocenters. The molecule has 1 aliphatic rings. The fraction of sp³-hybridized carbons (Fsp3) is 0.812. The van der Waals surface area contributed by atoms with Crippen LogP contribution in [0.1, 0.15) is 44.9 Å². The van der Waals surface area contributed by atoms with E-state index < -0.39 is 0 Å². The van der Waals surface area contributed by atoms with E-state index in [0.717, 1.165) is 39.0 Å². The van der Waals surface area contributed by atoms with Crippen LogP contribution >= 0.6 is 0 Å². The third-order valence-corrected chi connectivity index (χ3v) is 3.64. The van der Waals surface area contributed by atoms with Crippen molar-refractivity contribution in [1.82, 2.24) is 15.5 Å². The average Bonchev–Trinajstić information content (AvgIpc) is 2.43. The summed E-state index contributed by atoms with van der Waals surface area (Å²) in [6.45, 7) is 3.65. The second kappa shape index (κ2) is 10.9. The van der Waals surface area contributed by atoms with Gasteiger partial charge in [0.2, 0.25) is 5.91 Å². The molecule has 0 aromatic carbocycles. The normalized spacial score (nSPS) is 15.2. The van der Waals surface area contributed by atoms with Crippen molar-refractivity contribution >= 4 is 5.91 Å². The summed E-state index contributed by atoms with van der Waals surface area (Å²) in [5, 5.41) is 6.32. The van der Waals surface area contributed by atoms with Crippen molar-refractivity contribution in [3.8, 4) is 0 Å². The molecule has 1 rings (SSSR count). The summed E-state index contributed by atoms with van der Waals surface area (Å²) in [5.41, 5.74) is 1.53. The van der Waals surface area contributed by atoms with E-state index >= 15 is 0 Å². The fourth-order valence-corrected chi connectivity index (χ4v) is 2.43. The summed E-state index contributed by atoms with van der Waals surface area (Å²) in [6.07, 6.45) is 10.2. The van der Waals surface area contributed by atoms with E-state index in [1.807, 2.05) is 0 Å². The van der Waals surface area contributed by atoms with Crippen molar-refractivity contribution in [3.63, 3.8) is 0 Å². The Balaban J connectivity index is 1.91. The molecular formula is C16H31N3O. The lowest BCUT2D eigenvalue weighted by atomic mass is 9.97. The van der Waals surface area contributed by atoms with Gasteiger partial charge in [0.25, 0.3) is 0 Å². The number of hydrogen-bond donors (Lipinski definition) is 2. The average molecular weight is 281 g/mol. The lowest BCUT2D eigenvalue weighted by molar-refractivity contribution is -0.120. The second-order valence-electron chi connectivity index (χ2n) is 5.86. The van der Waals surface area contributed by atoms with Gasteiger partial charge in [0, 0.05) is 19.5 Å². The molecule has 116 valence electrons. The molecule has 4 heteroatoms. The molecule has 0 aromatic heterocycles. The van der Waals surface area contributed by atoms with Crippen molar-refractivity contribution in [1.29, 1.82) is 0 Å². The van der Waals surface area contributed by atoms with Gasteiger partial charge in [-0.1, -0.05) is 11.6 Å². The Bertz CT molecular complexity index is 300. The maximum atomic E-state index is 11.6. The molecule has 1 aliphatic carbocycles. The quantitative estimate of drug-likeness (QED) is 0.475. The Morgan fingerprint density at radius 3 is 2.80 bits per heavy atom. The van der Waals surface area contributed by atoms with E-state index in [-0.39, 0.29) is 5.91 Å². The molecular weight excluding hydrogens is 250 g/mol. The lowest BCUT2D eigenvalue weighted by Crippen LogP contribution is -2.29. The van der Waals surface area contributed by atoms with Gasteiger partial charge in [0.05, 0.1) is 0 Å². The number of carbonyl (C=O) groups is 1. The molecule has 20 heavy (non-hydrogen) atoms. The second-order valence-corrected chi connectivity index (χ2v) is 5.86. The van der Waals surface area contributed by atoms with Gasteiger partial charge in [-0.3, -0.25) is 4.79 Å². The summed E-state index contributed by atoms with van der Waals surface area (Å²) in [6, 6.07) is 0. The van der Waals surface area contributed by atoms with E-state index in [1.54, 1.807) is 0 Å². The Hall–Kier alpha value is -0.870. The fourth-order valence-electron chi connectivity index (χ4n) is 2.43. The molecule has 0 saturated carbocycles. The first-order valence-electron chi connectivity index (χ1n) is 7.98. The highest BCUT2D eigenvalue weighted by molar-refractivity contribution is 5.76. The Morgan fingerprint density at radius 1 is 1.25 bits per heavy atom. The number of carbonyl (C=O) groups excluding carboxylic acids is 1. The topological polar surface area (TPSA) is 44.4 Å². The van der Waals surface area contributed by atoms with Crippen LogP contribution in [0.5, 0.6) is 0 Å². The van der Waals surface area contributed by atoms with Crippen molar-refractivity contribution in [2.24, 2.45) is 0 Å². The Labute approximate surface area is 124 Å². The van der Waals surface area contributed by atoms with Gasteiger partial charge in [0.1, 0.15) is 0 Å². The first kappa shape index (κ1) is 17.2. The van der Waals surface area contributed by atoms with Gasteiger partial charge in [-0.15, -0.1) is 0 Å². The van der Waals surface area contributed by atoms with Crippen LogP contribution in [0.25, 0.3) is 0 Å². The van der Waals surface area contributed by atoms with Crippen LogP contribution in [0.15, 0.2) is 11.6 Å². The maximum absolute atomic E-state index is 11.6. The van der Waals surface area contributed by atoms with Crippen LogP contribution in [0.3, 0.4) is 0 Å². The molecule has 0 fully saturated rings. The van der Waals surface area contributed by atoms with Crippen molar-refractivity contribution in [2.45, 2.75) is 44.9 Å². The van der Waals surface area contributed by atoms with Crippen LogP contribution in [-0.2, 0) is 4.79 Å². The number of amides is 1. The number of rotatable bonds is 10. The predicted molar refractivity (Wildman–Crippen MR) is 84.8 cm³/mol. The first-order chi connectivity index (χ1) is 9.68. The highest BCUT2D eigenvalue weighted by Gasteiger charge is 2.04. The molecule has 4 nitrogen and oxygen atoms in total. The summed E-state index contributed by atoms with van der Waals surface area (Å²) in [5.74, 6) is 0.168. The SMILES string of the molecule is CN(C)CCCNCCC(=O)NCCC1=CCCCC1. The minimum Gasteiger partial charge on any atom is -0.356 e. The van der Waals surface area contributed by atoms with Gasteiger partial charge < -0.3 is 15.5 Å². The number of allylic oxidation sites excluding steroid dienone is 1. The maximum Gasteiger partial charge on any atom is 0.221 e. The minimum atomic E-state index is 0.168. The third-order valence-electron chi connectivity index (χ3n) is 3.64. The highest BCUT2D eigenvalue weighted by atomic mass is 16.1. The predicted octanol–water partition coefficient (Wildman–Crippen LogP) is 1.92. The summed E-state index contributed by atoms with van der Waals surface area (Å²) >= 11 is 0. The first-order valence-corrected chi connectivity index (χ1v) is 7.98. The zero-order valence-electron chi connectivity index (χ0n) is 13.2. The molecule has 0 radical (unpaired) electrons. The summed E-state index contributed by atoms with van der Waals surface area (Å²) < 4.78 is 0. The van der Waals surface area contributed by atoms with E-state index in [0.29, 0.717) is 6.42 Å². The highest BCUT2D eigenvalue weighted by Crippen LogP contribution is 2.19.